The van der Waals surface area contributed by atoms with Crippen molar-refractivity contribution >= 4 is 12.4 Å². The van der Waals surface area contributed by atoms with Gasteiger partial charge in [-0.2, -0.15) is 5.10 Å². The number of hydrogen-bond donors (Lipinski definition) is 2. The second-order valence-electron chi connectivity index (χ2n) is 7.48. The Bertz CT molecular complexity index is 665. The third-order valence-electron chi connectivity index (χ3n) is 4.53. The molecule has 1 heterocycles. The van der Waals surface area contributed by atoms with E-state index in [9.17, 15) is 5.11 Å². The van der Waals surface area contributed by atoms with Crippen LogP contribution in [-0.4, -0.2) is 32.0 Å². The number of aliphatic hydroxyl groups is 1. The molecule has 2 aromatic rings. The van der Waals surface area contributed by atoms with Gasteiger partial charge < -0.3 is 10.8 Å². The first-order valence-electron chi connectivity index (χ1n) is 8.33. The van der Waals surface area contributed by atoms with Crippen molar-refractivity contribution in [3.05, 3.63) is 36.2 Å². The fourth-order valence-electron chi connectivity index (χ4n) is 3.20. The average molecular weight is 351 g/mol. The molecule has 6 heteroatoms. The molecule has 0 spiro atoms. The van der Waals surface area contributed by atoms with Crippen LogP contribution in [0.15, 0.2) is 30.3 Å². The Labute approximate surface area is 149 Å². The molecule has 1 fully saturated rings. The molecular weight excluding hydrogens is 324 g/mol. The molecule has 24 heavy (non-hydrogen) atoms. The van der Waals surface area contributed by atoms with Crippen LogP contribution in [-0.2, 0) is 5.54 Å². The van der Waals surface area contributed by atoms with Gasteiger partial charge in [-0.25, -0.2) is 9.67 Å². The number of halogens is 1. The Hall–Kier alpha value is -1.43. The molecule has 0 bridgehead atoms. The number of hydrogen-bond acceptors (Lipinski definition) is 4. The minimum atomic E-state index is -0.459. The monoisotopic (exact) mass is 350 g/mol. The van der Waals surface area contributed by atoms with Crippen LogP contribution in [0.2, 0.25) is 0 Å². The van der Waals surface area contributed by atoms with Gasteiger partial charge in [0.25, 0.3) is 0 Å². The van der Waals surface area contributed by atoms with Gasteiger partial charge in [-0.3, -0.25) is 0 Å². The summed E-state index contributed by atoms with van der Waals surface area (Å²) in [6.45, 7) is 6.39. The minimum Gasteiger partial charge on any atom is -0.391 e. The summed E-state index contributed by atoms with van der Waals surface area (Å²) >= 11 is 0. The summed E-state index contributed by atoms with van der Waals surface area (Å²) in [5.74, 6) is 1.91. The molecule has 0 amide bonds. The first-order chi connectivity index (χ1) is 10.9. The molecular formula is C18H27ClN4O. The van der Waals surface area contributed by atoms with Crippen molar-refractivity contribution < 1.29 is 5.11 Å². The first kappa shape index (κ1) is 18.9. The second-order valence-corrected chi connectivity index (χ2v) is 7.48. The van der Waals surface area contributed by atoms with Crippen LogP contribution < -0.4 is 5.73 Å². The molecule has 0 radical (unpaired) electrons. The van der Waals surface area contributed by atoms with Crippen LogP contribution in [0.1, 0.15) is 51.8 Å². The van der Waals surface area contributed by atoms with Crippen LogP contribution in [0.3, 0.4) is 0 Å². The summed E-state index contributed by atoms with van der Waals surface area (Å²) in [5, 5.41) is 14.9. The smallest absolute Gasteiger partial charge is 0.181 e. The summed E-state index contributed by atoms with van der Waals surface area (Å²) in [6, 6.07) is 9.91. The highest BCUT2D eigenvalue weighted by molar-refractivity contribution is 5.85. The summed E-state index contributed by atoms with van der Waals surface area (Å²) in [5.41, 5.74) is 6.81. The number of nitrogens with zero attached hydrogens (tertiary/aromatic N) is 3. The van der Waals surface area contributed by atoms with E-state index in [-0.39, 0.29) is 29.9 Å². The van der Waals surface area contributed by atoms with Gasteiger partial charge in [-0.05, 0) is 40.0 Å². The van der Waals surface area contributed by atoms with Gasteiger partial charge in [-0.1, -0.05) is 30.3 Å². The lowest BCUT2D eigenvalue weighted by Gasteiger charge is -2.32. The van der Waals surface area contributed by atoms with E-state index >= 15 is 0 Å². The van der Waals surface area contributed by atoms with E-state index < -0.39 is 6.10 Å². The summed E-state index contributed by atoms with van der Waals surface area (Å²) in [4.78, 5) is 4.83. The Morgan fingerprint density at radius 1 is 1.17 bits per heavy atom. The van der Waals surface area contributed by atoms with Crippen molar-refractivity contribution in [3.63, 3.8) is 0 Å². The number of rotatable bonds is 2. The molecule has 3 atom stereocenters. The van der Waals surface area contributed by atoms with Gasteiger partial charge in [-0.15, -0.1) is 12.4 Å². The largest absolute Gasteiger partial charge is 0.391 e. The van der Waals surface area contributed by atoms with Crippen molar-refractivity contribution in [1.82, 2.24) is 14.8 Å². The molecule has 0 unspecified atom stereocenters. The van der Waals surface area contributed by atoms with Crippen molar-refractivity contribution in [2.45, 2.75) is 63.6 Å². The molecule has 3 rings (SSSR count). The highest BCUT2D eigenvalue weighted by atomic mass is 35.5. The third-order valence-corrected chi connectivity index (χ3v) is 4.53. The van der Waals surface area contributed by atoms with E-state index in [1.165, 1.54) is 0 Å². The van der Waals surface area contributed by atoms with E-state index in [0.29, 0.717) is 6.42 Å². The quantitative estimate of drug-likeness (QED) is 0.872. The lowest BCUT2D eigenvalue weighted by atomic mass is 9.83. The zero-order valence-electron chi connectivity index (χ0n) is 14.5. The van der Waals surface area contributed by atoms with Crippen LogP contribution in [0.25, 0.3) is 11.4 Å². The van der Waals surface area contributed by atoms with Crippen LogP contribution in [0, 0.1) is 0 Å². The lowest BCUT2D eigenvalue weighted by Crippen LogP contribution is -2.40. The zero-order chi connectivity index (χ0) is 16.6. The van der Waals surface area contributed by atoms with E-state index in [1.807, 2.05) is 35.0 Å². The number of aromatic nitrogens is 3. The van der Waals surface area contributed by atoms with Gasteiger partial charge in [0, 0.05) is 17.5 Å². The summed E-state index contributed by atoms with van der Waals surface area (Å²) in [6.07, 6.45) is 1.97. The Kier molecular flexibility index (Phi) is 5.68. The van der Waals surface area contributed by atoms with E-state index in [0.717, 1.165) is 30.1 Å². The van der Waals surface area contributed by atoms with Crippen molar-refractivity contribution in [1.29, 1.82) is 0 Å². The standard InChI is InChI=1S/C18H26N4O.ClH/c1-18(2,3)22-17(13-9-10-14(19)15(23)11-13)20-16(21-22)12-7-5-4-6-8-12;/h4-8,13-15,23H,9-11,19H2,1-3H3;1H/t13-,14+,15+;/m0./s1. The lowest BCUT2D eigenvalue weighted by molar-refractivity contribution is 0.0943. The van der Waals surface area contributed by atoms with E-state index in [2.05, 4.69) is 20.8 Å². The molecule has 1 aliphatic carbocycles. The predicted molar refractivity (Wildman–Crippen MR) is 98.3 cm³/mol. The summed E-state index contributed by atoms with van der Waals surface area (Å²) in [7, 11) is 0. The molecule has 132 valence electrons. The van der Waals surface area contributed by atoms with Crippen LogP contribution >= 0.6 is 12.4 Å². The maximum atomic E-state index is 10.1. The topological polar surface area (TPSA) is 77.0 Å². The van der Waals surface area contributed by atoms with Crippen molar-refractivity contribution in [2.24, 2.45) is 5.73 Å². The predicted octanol–water partition coefficient (Wildman–Crippen LogP) is 3.08. The highest BCUT2D eigenvalue weighted by Crippen LogP contribution is 2.34. The fourth-order valence-corrected chi connectivity index (χ4v) is 3.20. The second kappa shape index (κ2) is 7.21. The number of benzene rings is 1. The maximum Gasteiger partial charge on any atom is 0.181 e. The Morgan fingerprint density at radius 3 is 2.42 bits per heavy atom. The van der Waals surface area contributed by atoms with Gasteiger partial charge in [0.15, 0.2) is 5.82 Å². The number of nitrogens with two attached hydrogens (primary N) is 1. The molecule has 1 saturated carbocycles. The van der Waals surface area contributed by atoms with Gasteiger partial charge in [0.1, 0.15) is 5.82 Å². The molecule has 3 N–H and O–H groups in total. The molecule has 5 nitrogen and oxygen atoms in total. The Balaban J connectivity index is 0.00000208. The van der Waals surface area contributed by atoms with Gasteiger partial charge in [0.2, 0.25) is 0 Å². The van der Waals surface area contributed by atoms with E-state index in [4.69, 9.17) is 15.8 Å². The Morgan fingerprint density at radius 2 is 1.83 bits per heavy atom. The van der Waals surface area contributed by atoms with Crippen molar-refractivity contribution in [2.75, 3.05) is 0 Å². The van der Waals surface area contributed by atoms with E-state index in [1.54, 1.807) is 0 Å². The maximum absolute atomic E-state index is 10.1. The number of aliphatic hydroxyl groups excluding tert-OH is 1. The third kappa shape index (κ3) is 3.79. The molecule has 0 saturated heterocycles. The van der Waals surface area contributed by atoms with Crippen molar-refractivity contribution in [3.8, 4) is 11.4 Å². The van der Waals surface area contributed by atoms with Crippen LogP contribution in [0.4, 0.5) is 0 Å². The fraction of sp³-hybridized carbons (Fsp3) is 0.556. The first-order valence-corrected chi connectivity index (χ1v) is 8.33. The molecule has 1 aliphatic rings. The highest BCUT2D eigenvalue weighted by Gasteiger charge is 2.33. The zero-order valence-corrected chi connectivity index (χ0v) is 15.3. The molecule has 0 aliphatic heterocycles. The van der Waals surface area contributed by atoms with Gasteiger partial charge >= 0.3 is 0 Å². The normalized spacial score (nSPS) is 24.5. The van der Waals surface area contributed by atoms with Crippen LogP contribution in [0.5, 0.6) is 0 Å². The minimum absolute atomic E-state index is 0. The SMILES string of the molecule is CC(C)(C)n1nc(-c2ccccc2)nc1[C@H]1CC[C@@H](N)[C@H](O)C1.Cl. The average Bonchev–Trinajstić information content (AvgIpc) is 2.96. The van der Waals surface area contributed by atoms with Gasteiger partial charge in [0.05, 0.1) is 11.6 Å². The molecule has 1 aromatic heterocycles. The summed E-state index contributed by atoms with van der Waals surface area (Å²) < 4.78 is 2.02. The molecule has 1 aromatic carbocycles.